The van der Waals surface area contributed by atoms with Crippen molar-refractivity contribution in [3.05, 3.63) is 57.2 Å². The van der Waals surface area contributed by atoms with Crippen LogP contribution >= 0.6 is 22.9 Å². The molecule has 1 nitrogen and oxygen atoms in total. The van der Waals surface area contributed by atoms with Crippen LogP contribution < -0.4 is 5.32 Å². The highest BCUT2D eigenvalue weighted by molar-refractivity contribution is 7.09. The molecule has 1 aromatic carbocycles. The van der Waals surface area contributed by atoms with Crippen LogP contribution in [-0.2, 0) is 12.8 Å². The lowest BCUT2D eigenvalue weighted by atomic mass is 10.0. The van der Waals surface area contributed by atoms with E-state index in [9.17, 15) is 0 Å². The maximum Gasteiger partial charge on any atom is 0.0408 e. The second kappa shape index (κ2) is 6.93. The largest absolute Gasteiger partial charge is 0.314 e. The molecule has 0 saturated carbocycles. The second-order valence-electron chi connectivity index (χ2n) is 4.37. The molecule has 1 N–H and O–H groups in total. The minimum Gasteiger partial charge on any atom is -0.314 e. The van der Waals surface area contributed by atoms with Crippen LogP contribution in [0.1, 0.15) is 17.4 Å². The van der Waals surface area contributed by atoms with Crippen molar-refractivity contribution in [3.63, 3.8) is 0 Å². The Hall–Kier alpha value is -0.830. The van der Waals surface area contributed by atoms with Crippen LogP contribution in [0.15, 0.2) is 41.8 Å². The summed E-state index contributed by atoms with van der Waals surface area (Å²) in [7, 11) is 0. The number of halogens is 1. The molecule has 96 valence electrons. The highest BCUT2D eigenvalue weighted by atomic mass is 35.5. The van der Waals surface area contributed by atoms with E-state index >= 15 is 0 Å². The molecule has 2 aromatic rings. The SMILES string of the molecule is CCNC(Cc1cccc(Cl)c1)Cc1cccs1. The highest BCUT2D eigenvalue weighted by Crippen LogP contribution is 2.16. The first-order chi connectivity index (χ1) is 8.78. The van der Waals surface area contributed by atoms with E-state index in [1.165, 1.54) is 10.4 Å². The van der Waals surface area contributed by atoms with Gasteiger partial charge in [0.05, 0.1) is 0 Å². The normalized spacial score (nSPS) is 12.6. The zero-order valence-corrected chi connectivity index (χ0v) is 12.1. The van der Waals surface area contributed by atoms with Gasteiger partial charge in [-0.15, -0.1) is 11.3 Å². The summed E-state index contributed by atoms with van der Waals surface area (Å²) in [6, 6.07) is 12.9. The number of thiophene rings is 1. The van der Waals surface area contributed by atoms with Crippen LogP contribution in [0.5, 0.6) is 0 Å². The molecule has 0 aliphatic carbocycles. The molecule has 0 aliphatic rings. The molecule has 0 radical (unpaired) electrons. The Morgan fingerprint density at radius 2 is 2.11 bits per heavy atom. The first-order valence-corrected chi connectivity index (χ1v) is 7.54. The van der Waals surface area contributed by atoms with Gasteiger partial charge in [0.25, 0.3) is 0 Å². The Morgan fingerprint density at radius 1 is 1.22 bits per heavy atom. The molecular formula is C15H18ClNS. The van der Waals surface area contributed by atoms with Crippen LogP contribution in [0.4, 0.5) is 0 Å². The van der Waals surface area contributed by atoms with Crippen molar-refractivity contribution >= 4 is 22.9 Å². The van der Waals surface area contributed by atoms with Gasteiger partial charge in [-0.05, 0) is 48.5 Å². The van der Waals surface area contributed by atoms with E-state index in [0.717, 1.165) is 24.4 Å². The standard InChI is InChI=1S/C15H18ClNS/c1-2-17-14(11-15-7-4-8-18-15)10-12-5-3-6-13(16)9-12/h3-9,14,17H,2,10-11H2,1H3. The number of likely N-dealkylation sites (N-methyl/N-ethyl adjacent to an activating group) is 1. The van der Waals surface area contributed by atoms with E-state index in [2.05, 4.69) is 41.9 Å². The Kier molecular flexibility index (Phi) is 5.24. The molecular weight excluding hydrogens is 262 g/mol. The fourth-order valence-electron chi connectivity index (χ4n) is 2.13. The Labute approximate surface area is 118 Å². The van der Waals surface area contributed by atoms with E-state index in [-0.39, 0.29) is 0 Å². The summed E-state index contributed by atoms with van der Waals surface area (Å²) in [5.74, 6) is 0. The minimum absolute atomic E-state index is 0.479. The van der Waals surface area contributed by atoms with Crippen LogP contribution in [0.2, 0.25) is 5.02 Å². The first-order valence-electron chi connectivity index (χ1n) is 6.28. The number of hydrogen-bond donors (Lipinski definition) is 1. The monoisotopic (exact) mass is 279 g/mol. The molecule has 0 saturated heterocycles. The molecule has 1 aromatic heterocycles. The lowest BCUT2D eigenvalue weighted by molar-refractivity contribution is 0.524. The Morgan fingerprint density at radius 3 is 2.78 bits per heavy atom. The summed E-state index contributed by atoms with van der Waals surface area (Å²) < 4.78 is 0. The molecule has 0 amide bonds. The molecule has 0 bridgehead atoms. The van der Waals surface area contributed by atoms with E-state index in [1.54, 1.807) is 0 Å². The van der Waals surface area contributed by atoms with Crippen LogP contribution in [0, 0.1) is 0 Å². The predicted octanol–water partition coefficient (Wildman–Crippen LogP) is 4.16. The number of hydrogen-bond acceptors (Lipinski definition) is 2. The molecule has 1 unspecified atom stereocenters. The molecule has 1 heterocycles. The van der Waals surface area contributed by atoms with Gasteiger partial charge in [0, 0.05) is 15.9 Å². The average Bonchev–Trinajstić information content (AvgIpc) is 2.82. The van der Waals surface area contributed by atoms with Crippen molar-refractivity contribution < 1.29 is 0 Å². The van der Waals surface area contributed by atoms with Gasteiger partial charge in [-0.3, -0.25) is 0 Å². The number of rotatable bonds is 6. The molecule has 0 spiro atoms. The molecule has 18 heavy (non-hydrogen) atoms. The van der Waals surface area contributed by atoms with Crippen molar-refractivity contribution in [2.45, 2.75) is 25.8 Å². The molecule has 3 heteroatoms. The third-order valence-corrected chi connectivity index (χ3v) is 4.03. The van der Waals surface area contributed by atoms with Crippen molar-refractivity contribution in [1.29, 1.82) is 0 Å². The summed E-state index contributed by atoms with van der Waals surface area (Å²) in [6.07, 6.45) is 2.10. The van der Waals surface area contributed by atoms with Crippen LogP contribution in [0.3, 0.4) is 0 Å². The predicted molar refractivity (Wildman–Crippen MR) is 80.6 cm³/mol. The molecule has 0 fully saturated rings. The lowest BCUT2D eigenvalue weighted by Gasteiger charge is -2.17. The third kappa shape index (κ3) is 4.13. The average molecular weight is 280 g/mol. The van der Waals surface area contributed by atoms with Gasteiger partial charge >= 0.3 is 0 Å². The van der Waals surface area contributed by atoms with Gasteiger partial charge in [0.2, 0.25) is 0 Å². The quantitative estimate of drug-likeness (QED) is 0.837. The molecule has 0 aliphatic heterocycles. The maximum atomic E-state index is 6.03. The fourth-order valence-corrected chi connectivity index (χ4v) is 3.12. The van der Waals surface area contributed by atoms with Crippen molar-refractivity contribution in [2.75, 3.05) is 6.54 Å². The number of nitrogens with one attached hydrogen (secondary N) is 1. The fraction of sp³-hybridized carbons (Fsp3) is 0.333. The van der Waals surface area contributed by atoms with Crippen molar-refractivity contribution in [2.24, 2.45) is 0 Å². The Bertz CT molecular complexity index is 467. The summed E-state index contributed by atoms with van der Waals surface area (Å²) in [5, 5.41) is 6.51. The zero-order chi connectivity index (χ0) is 12.8. The topological polar surface area (TPSA) is 12.0 Å². The third-order valence-electron chi connectivity index (χ3n) is 2.89. The minimum atomic E-state index is 0.479. The summed E-state index contributed by atoms with van der Waals surface area (Å²) in [5.41, 5.74) is 1.30. The highest BCUT2D eigenvalue weighted by Gasteiger charge is 2.10. The summed E-state index contributed by atoms with van der Waals surface area (Å²) >= 11 is 7.85. The molecule has 1 atom stereocenters. The van der Waals surface area contributed by atoms with Crippen molar-refractivity contribution in [1.82, 2.24) is 5.32 Å². The van der Waals surface area contributed by atoms with Crippen LogP contribution in [0.25, 0.3) is 0 Å². The second-order valence-corrected chi connectivity index (χ2v) is 5.84. The lowest BCUT2D eigenvalue weighted by Crippen LogP contribution is -2.32. The van der Waals surface area contributed by atoms with Gasteiger partial charge in [-0.25, -0.2) is 0 Å². The van der Waals surface area contributed by atoms with Crippen molar-refractivity contribution in [3.8, 4) is 0 Å². The maximum absolute atomic E-state index is 6.03. The smallest absolute Gasteiger partial charge is 0.0408 e. The van der Waals surface area contributed by atoms with Gasteiger partial charge in [0.1, 0.15) is 0 Å². The van der Waals surface area contributed by atoms with Gasteiger partial charge in [0.15, 0.2) is 0 Å². The van der Waals surface area contributed by atoms with Gasteiger partial charge in [-0.1, -0.05) is 36.7 Å². The summed E-state index contributed by atoms with van der Waals surface area (Å²) in [4.78, 5) is 1.43. The van der Waals surface area contributed by atoms with E-state index in [4.69, 9.17) is 11.6 Å². The van der Waals surface area contributed by atoms with E-state index < -0.39 is 0 Å². The molecule has 2 rings (SSSR count). The van der Waals surface area contributed by atoms with Crippen LogP contribution in [-0.4, -0.2) is 12.6 Å². The van der Waals surface area contributed by atoms with E-state index in [1.807, 2.05) is 23.5 Å². The van der Waals surface area contributed by atoms with Gasteiger partial charge < -0.3 is 5.32 Å². The van der Waals surface area contributed by atoms with Gasteiger partial charge in [-0.2, -0.15) is 0 Å². The zero-order valence-electron chi connectivity index (χ0n) is 10.5. The Balaban J connectivity index is 2.01. The summed E-state index contributed by atoms with van der Waals surface area (Å²) in [6.45, 7) is 3.15. The van der Waals surface area contributed by atoms with E-state index in [0.29, 0.717) is 6.04 Å². The number of benzene rings is 1. The first kappa shape index (κ1) is 13.6.